The van der Waals surface area contributed by atoms with E-state index in [9.17, 15) is 9.59 Å². The third kappa shape index (κ3) is 2.10. The lowest BCUT2D eigenvalue weighted by molar-refractivity contribution is -0.127. The molecule has 2 aliphatic rings. The maximum atomic E-state index is 12.2. The summed E-state index contributed by atoms with van der Waals surface area (Å²) in [6.07, 6.45) is 8.87. The van der Waals surface area contributed by atoms with Gasteiger partial charge in [-0.05, 0) is 19.4 Å². The molecule has 0 radical (unpaired) electrons. The van der Waals surface area contributed by atoms with Gasteiger partial charge in [0.1, 0.15) is 11.3 Å². The Labute approximate surface area is 106 Å². The molecule has 96 valence electrons. The molecule has 2 rings (SSSR count). The summed E-state index contributed by atoms with van der Waals surface area (Å²) in [6, 6.07) is 0. The molecule has 0 aromatic heterocycles. The normalized spacial score (nSPS) is 27.9. The van der Waals surface area contributed by atoms with Gasteiger partial charge in [-0.2, -0.15) is 0 Å². The highest BCUT2D eigenvalue weighted by atomic mass is 16.5. The summed E-state index contributed by atoms with van der Waals surface area (Å²) in [5, 5.41) is 2.66. The standard InChI is InChI=1S/C14H17NO3/c1-3-4-5-6-8-14(2)12(16)11-10(18-14)7-9-15-13(11)17/h4-6,8H,3,7,9H2,1-2H3,(H,15,17)/b5-4+,8-6+/t14-/m1/s1. The first-order valence-corrected chi connectivity index (χ1v) is 6.18. The minimum absolute atomic E-state index is 0.188. The lowest BCUT2D eigenvalue weighted by Gasteiger charge is -2.19. The van der Waals surface area contributed by atoms with Crippen molar-refractivity contribution in [1.29, 1.82) is 0 Å². The molecule has 0 aromatic carbocycles. The Kier molecular flexibility index (Phi) is 3.36. The zero-order chi connectivity index (χ0) is 13.2. The molecule has 0 unspecified atom stereocenters. The average molecular weight is 247 g/mol. The van der Waals surface area contributed by atoms with Gasteiger partial charge in [0.25, 0.3) is 5.91 Å². The zero-order valence-electron chi connectivity index (χ0n) is 10.7. The van der Waals surface area contributed by atoms with E-state index >= 15 is 0 Å². The second-order valence-corrected chi connectivity index (χ2v) is 4.54. The minimum atomic E-state index is -1.04. The number of carbonyl (C=O) groups is 2. The molecule has 2 heterocycles. The maximum Gasteiger partial charge on any atom is 0.258 e. The molecule has 1 atom stereocenters. The van der Waals surface area contributed by atoms with E-state index in [-0.39, 0.29) is 17.3 Å². The molecule has 0 spiro atoms. The van der Waals surface area contributed by atoms with Gasteiger partial charge >= 0.3 is 0 Å². The van der Waals surface area contributed by atoms with E-state index in [1.165, 1.54) is 0 Å². The summed E-state index contributed by atoms with van der Waals surface area (Å²) < 4.78 is 5.66. The van der Waals surface area contributed by atoms with E-state index in [2.05, 4.69) is 5.32 Å². The van der Waals surface area contributed by atoms with E-state index in [1.54, 1.807) is 19.1 Å². The first-order valence-electron chi connectivity index (χ1n) is 6.18. The third-order valence-corrected chi connectivity index (χ3v) is 3.05. The number of allylic oxidation sites excluding steroid dienone is 3. The number of carbonyl (C=O) groups excluding carboxylic acids is 2. The van der Waals surface area contributed by atoms with Crippen LogP contribution in [0, 0.1) is 0 Å². The zero-order valence-corrected chi connectivity index (χ0v) is 10.7. The fraction of sp³-hybridized carbons (Fsp3) is 0.429. The van der Waals surface area contributed by atoms with Crippen LogP contribution in [0.2, 0.25) is 0 Å². The Hall–Kier alpha value is -1.84. The lowest BCUT2D eigenvalue weighted by atomic mass is 9.94. The number of ketones is 1. The minimum Gasteiger partial charge on any atom is -0.479 e. The van der Waals surface area contributed by atoms with Crippen LogP contribution in [0.4, 0.5) is 0 Å². The number of Topliss-reactive ketones (excluding diaryl/α,β-unsaturated/α-hetero) is 1. The predicted octanol–water partition coefficient (Wildman–Crippen LogP) is 1.64. The van der Waals surface area contributed by atoms with E-state index in [1.807, 2.05) is 19.1 Å². The molecular weight excluding hydrogens is 230 g/mol. The molecule has 2 aliphatic heterocycles. The second kappa shape index (κ2) is 4.80. The van der Waals surface area contributed by atoms with Crippen molar-refractivity contribution in [3.8, 4) is 0 Å². The molecule has 1 amide bonds. The van der Waals surface area contributed by atoms with Crippen molar-refractivity contribution in [3.05, 3.63) is 35.6 Å². The van der Waals surface area contributed by atoms with Crippen molar-refractivity contribution < 1.29 is 14.3 Å². The summed E-state index contributed by atoms with van der Waals surface area (Å²) >= 11 is 0. The largest absolute Gasteiger partial charge is 0.479 e. The van der Waals surface area contributed by atoms with E-state index in [0.29, 0.717) is 18.7 Å². The van der Waals surface area contributed by atoms with E-state index in [4.69, 9.17) is 4.74 Å². The SMILES string of the molecule is CC/C=C/C=C/[C@@]1(C)OC2=C(C(=O)NCC2)C1=O. The van der Waals surface area contributed by atoms with Crippen LogP contribution in [0.3, 0.4) is 0 Å². The summed E-state index contributed by atoms with van der Waals surface area (Å²) in [4.78, 5) is 23.9. The fourth-order valence-electron chi connectivity index (χ4n) is 2.08. The summed E-state index contributed by atoms with van der Waals surface area (Å²) in [6.45, 7) is 4.26. The average Bonchev–Trinajstić information content (AvgIpc) is 2.59. The van der Waals surface area contributed by atoms with Gasteiger partial charge in [-0.25, -0.2) is 0 Å². The number of rotatable bonds is 3. The van der Waals surface area contributed by atoms with Gasteiger partial charge in [-0.1, -0.05) is 25.2 Å². The maximum absolute atomic E-state index is 12.2. The molecule has 18 heavy (non-hydrogen) atoms. The van der Waals surface area contributed by atoms with E-state index < -0.39 is 5.60 Å². The van der Waals surface area contributed by atoms with Crippen molar-refractivity contribution in [1.82, 2.24) is 5.32 Å². The van der Waals surface area contributed by atoms with Crippen LogP contribution in [0.1, 0.15) is 26.7 Å². The monoisotopic (exact) mass is 247 g/mol. The van der Waals surface area contributed by atoms with Crippen LogP contribution in [0.25, 0.3) is 0 Å². The first kappa shape index (κ1) is 12.6. The lowest BCUT2D eigenvalue weighted by Crippen LogP contribution is -2.36. The molecule has 4 nitrogen and oxygen atoms in total. The summed E-state index contributed by atoms with van der Waals surface area (Å²) in [5.74, 6) is -0.0475. The van der Waals surface area contributed by atoms with Crippen molar-refractivity contribution in [3.63, 3.8) is 0 Å². The first-order chi connectivity index (χ1) is 8.58. The van der Waals surface area contributed by atoms with Crippen LogP contribution in [0.15, 0.2) is 35.6 Å². The predicted molar refractivity (Wildman–Crippen MR) is 67.7 cm³/mol. The molecule has 1 N–H and O–H groups in total. The van der Waals surface area contributed by atoms with Gasteiger partial charge in [-0.3, -0.25) is 9.59 Å². The van der Waals surface area contributed by atoms with Crippen LogP contribution in [-0.4, -0.2) is 23.8 Å². The van der Waals surface area contributed by atoms with Gasteiger partial charge in [-0.15, -0.1) is 0 Å². The number of hydrogen-bond donors (Lipinski definition) is 1. The molecule has 0 saturated heterocycles. The smallest absolute Gasteiger partial charge is 0.258 e. The van der Waals surface area contributed by atoms with Crippen molar-refractivity contribution >= 4 is 11.7 Å². The Morgan fingerprint density at radius 3 is 2.83 bits per heavy atom. The fourth-order valence-corrected chi connectivity index (χ4v) is 2.08. The second-order valence-electron chi connectivity index (χ2n) is 4.54. The van der Waals surface area contributed by atoms with Gasteiger partial charge < -0.3 is 10.1 Å². The van der Waals surface area contributed by atoms with E-state index in [0.717, 1.165) is 6.42 Å². The van der Waals surface area contributed by atoms with Gasteiger partial charge in [0.2, 0.25) is 5.78 Å². The molecule has 4 heteroatoms. The molecule has 0 aliphatic carbocycles. The Morgan fingerprint density at radius 2 is 2.17 bits per heavy atom. The molecular formula is C14H17NO3. The number of nitrogens with one attached hydrogen (secondary N) is 1. The van der Waals surface area contributed by atoms with Crippen LogP contribution >= 0.6 is 0 Å². The highest BCUT2D eigenvalue weighted by molar-refractivity contribution is 6.24. The topological polar surface area (TPSA) is 55.4 Å². The van der Waals surface area contributed by atoms with Crippen LogP contribution in [0.5, 0.6) is 0 Å². The Balaban J connectivity index is 2.20. The molecule has 0 aromatic rings. The molecule has 0 saturated carbocycles. The molecule has 0 fully saturated rings. The number of hydrogen-bond acceptors (Lipinski definition) is 3. The van der Waals surface area contributed by atoms with Crippen LogP contribution < -0.4 is 5.32 Å². The van der Waals surface area contributed by atoms with Crippen molar-refractivity contribution in [2.45, 2.75) is 32.3 Å². The van der Waals surface area contributed by atoms with Gasteiger partial charge in [0, 0.05) is 13.0 Å². The van der Waals surface area contributed by atoms with Gasteiger partial charge in [0.05, 0.1) is 0 Å². The van der Waals surface area contributed by atoms with Crippen LogP contribution in [-0.2, 0) is 14.3 Å². The summed E-state index contributed by atoms with van der Waals surface area (Å²) in [5.41, 5.74) is -0.849. The van der Waals surface area contributed by atoms with Crippen molar-refractivity contribution in [2.24, 2.45) is 0 Å². The molecule has 0 bridgehead atoms. The highest BCUT2D eigenvalue weighted by Gasteiger charge is 2.47. The Morgan fingerprint density at radius 1 is 1.39 bits per heavy atom. The highest BCUT2D eigenvalue weighted by Crippen LogP contribution is 2.34. The number of ether oxygens (including phenoxy) is 1. The van der Waals surface area contributed by atoms with Gasteiger partial charge in [0.15, 0.2) is 5.60 Å². The summed E-state index contributed by atoms with van der Waals surface area (Å²) in [7, 11) is 0. The van der Waals surface area contributed by atoms with Crippen molar-refractivity contribution in [2.75, 3.05) is 6.54 Å². The Bertz CT molecular complexity index is 473. The quantitative estimate of drug-likeness (QED) is 0.609. The number of amides is 1. The third-order valence-electron chi connectivity index (χ3n) is 3.05.